The first-order chi connectivity index (χ1) is 15.1. The van der Waals surface area contributed by atoms with Crippen molar-refractivity contribution < 1.29 is 4.39 Å². The molecule has 1 aliphatic carbocycles. The third kappa shape index (κ3) is 3.82. The Labute approximate surface area is 182 Å². The molecule has 5 rings (SSSR count). The summed E-state index contributed by atoms with van der Waals surface area (Å²) in [7, 11) is 0. The lowest BCUT2D eigenvalue weighted by molar-refractivity contribution is 0.462. The van der Waals surface area contributed by atoms with Crippen LogP contribution in [-0.2, 0) is 0 Å². The Kier molecular flexibility index (Phi) is 5.43. The summed E-state index contributed by atoms with van der Waals surface area (Å²) in [5.41, 5.74) is 4.91. The maximum Gasteiger partial charge on any atom is 0.162 e. The van der Waals surface area contributed by atoms with Crippen LogP contribution < -0.4 is 0 Å². The summed E-state index contributed by atoms with van der Waals surface area (Å²) in [5.74, 6) is 1.15. The lowest BCUT2D eigenvalue weighted by atomic mass is 9.91. The number of pyridine rings is 1. The Balaban J connectivity index is 1.54. The average Bonchev–Trinajstić information content (AvgIpc) is 3.24. The van der Waals surface area contributed by atoms with Gasteiger partial charge in [0.2, 0.25) is 0 Å². The maximum atomic E-state index is 15.0. The van der Waals surface area contributed by atoms with Gasteiger partial charge in [-0.25, -0.2) is 13.9 Å². The lowest BCUT2D eigenvalue weighted by Gasteiger charge is -2.16. The average molecular weight is 417 g/mol. The standard InChI is InChI=1S/C26H29FN4/c1-17-6-3-4-8-19(9-5-7-17)20-14-29-26-22(15-30-31(26)16-20)21-12-13-28-23-11-10-18(2)25(27)24(21)23/h10-17,19H,3-9H2,1-2H3. The van der Waals surface area contributed by atoms with Crippen LogP contribution in [0.5, 0.6) is 0 Å². The van der Waals surface area contributed by atoms with E-state index in [0.29, 0.717) is 22.4 Å². The molecule has 0 bridgehead atoms. The molecule has 0 spiro atoms. The molecule has 0 N–H and O–H groups in total. The first-order valence-electron chi connectivity index (χ1n) is 11.5. The molecule has 1 aromatic carbocycles. The number of hydrogen-bond acceptors (Lipinski definition) is 3. The molecule has 3 aromatic heterocycles. The smallest absolute Gasteiger partial charge is 0.162 e. The highest BCUT2D eigenvalue weighted by Crippen LogP contribution is 2.35. The maximum absolute atomic E-state index is 15.0. The summed E-state index contributed by atoms with van der Waals surface area (Å²) in [6.45, 7) is 4.16. The van der Waals surface area contributed by atoms with Gasteiger partial charge in [0.25, 0.3) is 0 Å². The molecule has 0 saturated heterocycles. The van der Waals surface area contributed by atoms with Crippen molar-refractivity contribution in [3.8, 4) is 11.1 Å². The van der Waals surface area contributed by atoms with Crippen LogP contribution in [0.25, 0.3) is 27.7 Å². The second-order valence-electron chi connectivity index (χ2n) is 9.18. The Morgan fingerprint density at radius 2 is 1.74 bits per heavy atom. The predicted molar refractivity (Wildman–Crippen MR) is 123 cm³/mol. The number of aromatic nitrogens is 4. The molecule has 160 valence electrons. The fourth-order valence-corrected chi connectivity index (χ4v) is 5.04. The van der Waals surface area contributed by atoms with Crippen molar-refractivity contribution in [2.75, 3.05) is 0 Å². The highest BCUT2D eigenvalue weighted by molar-refractivity contribution is 5.98. The second kappa shape index (κ2) is 8.37. The van der Waals surface area contributed by atoms with E-state index in [9.17, 15) is 0 Å². The minimum Gasteiger partial charge on any atom is -0.256 e. The van der Waals surface area contributed by atoms with E-state index in [4.69, 9.17) is 4.98 Å². The van der Waals surface area contributed by atoms with Crippen LogP contribution >= 0.6 is 0 Å². The molecular weight excluding hydrogens is 387 g/mol. The van der Waals surface area contributed by atoms with E-state index in [1.807, 2.05) is 22.8 Å². The van der Waals surface area contributed by atoms with E-state index in [-0.39, 0.29) is 5.82 Å². The first-order valence-corrected chi connectivity index (χ1v) is 11.5. The van der Waals surface area contributed by atoms with Gasteiger partial charge in [0, 0.05) is 35.1 Å². The summed E-state index contributed by atoms with van der Waals surface area (Å²) in [4.78, 5) is 9.15. The highest BCUT2D eigenvalue weighted by Gasteiger charge is 2.19. The Bertz CT molecular complexity index is 1230. The summed E-state index contributed by atoms with van der Waals surface area (Å²) < 4.78 is 16.9. The van der Waals surface area contributed by atoms with Crippen molar-refractivity contribution >= 4 is 16.6 Å². The Morgan fingerprint density at radius 1 is 0.935 bits per heavy atom. The third-order valence-electron chi connectivity index (χ3n) is 6.92. The van der Waals surface area contributed by atoms with Gasteiger partial charge in [-0.3, -0.25) is 4.98 Å². The first kappa shape index (κ1) is 20.1. The van der Waals surface area contributed by atoms with Gasteiger partial charge in [-0.05, 0) is 54.9 Å². The van der Waals surface area contributed by atoms with Crippen molar-refractivity contribution in [3.05, 3.63) is 59.9 Å². The molecule has 1 saturated carbocycles. The van der Waals surface area contributed by atoms with Gasteiger partial charge in [-0.1, -0.05) is 45.1 Å². The van der Waals surface area contributed by atoms with Crippen LogP contribution in [0.3, 0.4) is 0 Å². The van der Waals surface area contributed by atoms with Crippen LogP contribution in [0.1, 0.15) is 68.9 Å². The lowest BCUT2D eigenvalue weighted by Crippen LogP contribution is -2.03. The topological polar surface area (TPSA) is 43.1 Å². The van der Waals surface area contributed by atoms with E-state index in [1.165, 1.54) is 50.5 Å². The zero-order valence-electron chi connectivity index (χ0n) is 18.3. The van der Waals surface area contributed by atoms with Crippen molar-refractivity contribution in [1.82, 2.24) is 19.6 Å². The van der Waals surface area contributed by atoms with E-state index < -0.39 is 0 Å². The van der Waals surface area contributed by atoms with Crippen molar-refractivity contribution in [2.45, 2.75) is 64.7 Å². The van der Waals surface area contributed by atoms with Gasteiger partial charge < -0.3 is 0 Å². The molecule has 0 aliphatic heterocycles. The number of benzene rings is 1. The molecule has 0 radical (unpaired) electrons. The van der Waals surface area contributed by atoms with Gasteiger partial charge in [0.15, 0.2) is 5.65 Å². The van der Waals surface area contributed by atoms with E-state index in [0.717, 1.165) is 22.7 Å². The van der Waals surface area contributed by atoms with Gasteiger partial charge in [-0.2, -0.15) is 5.10 Å². The van der Waals surface area contributed by atoms with Crippen molar-refractivity contribution in [1.29, 1.82) is 0 Å². The fourth-order valence-electron chi connectivity index (χ4n) is 5.04. The van der Waals surface area contributed by atoms with Crippen molar-refractivity contribution in [2.24, 2.45) is 5.92 Å². The molecule has 5 heteroatoms. The monoisotopic (exact) mass is 416 g/mol. The van der Waals surface area contributed by atoms with E-state index in [2.05, 4.69) is 23.2 Å². The van der Waals surface area contributed by atoms with Crippen LogP contribution in [0.2, 0.25) is 0 Å². The number of fused-ring (bicyclic) bond motifs is 2. The highest BCUT2D eigenvalue weighted by atomic mass is 19.1. The van der Waals surface area contributed by atoms with Crippen LogP contribution in [0.15, 0.2) is 43.0 Å². The molecule has 4 nitrogen and oxygen atoms in total. The van der Waals surface area contributed by atoms with Crippen LogP contribution in [0.4, 0.5) is 4.39 Å². The third-order valence-corrected chi connectivity index (χ3v) is 6.92. The minimum absolute atomic E-state index is 0.226. The summed E-state index contributed by atoms with van der Waals surface area (Å²) in [5, 5.41) is 5.13. The van der Waals surface area contributed by atoms with Gasteiger partial charge in [0.1, 0.15) is 5.82 Å². The number of aryl methyl sites for hydroxylation is 1. The normalized spacial score (nSPS) is 20.5. The molecule has 3 heterocycles. The van der Waals surface area contributed by atoms with Gasteiger partial charge >= 0.3 is 0 Å². The fraction of sp³-hybridized carbons (Fsp3) is 0.423. The largest absolute Gasteiger partial charge is 0.256 e. The number of halogens is 1. The zero-order chi connectivity index (χ0) is 21.4. The Hall–Kier alpha value is -2.82. The molecule has 1 fully saturated rings. The molecule has 0 amide bonds. The van der Waals surface area contributed by atoms with Gasteiger partial charge in [0.05, 0.1) is 11.7 Å². The van der Waals surface area contributed by atoms with Crippen LogP contribution in [-0.4, -0.2) is 19.6 Å². The van der Waals surface area contributed by atoms with Crippen molar-refractivity contribution in [3.63, 3.8) is 0 Å². The van der Waals surface area contributed by atoms with Gasteiger partial charge in [-0.15, -0.1) is 0 Å². The number of hydrogen-bond donors (Lipinski definition) is 0. The number of nitrogens with zero attached hydrogens (tertiary/aromatic N) is 4. The molecule has 31 heavy (non-hydrogen) atoms. The molecule has 4 aromatic rings. The van der Waals surface area contributed by atoms with E-state index in [1.54, 1.807) is 25.4 Å². The quantitative estimate of drug-likeness (QED) is 0.359. The molecule has 2 atom stereocenters. The Morgan fingerprint density at radius 3 is 2.65 bits per heavy atom. The number of rotatable bonds is 2. The van der Waals surface area contributed by atoms with Crippen LogP contribution in [0, 0.1) is 18.7 Å². The summed E-state index contributed by atoms with van der Waals surface area (Å²) in [6, 6.07) is 5.50. The zero-order valence-corrected chi connectivity index (χ0v) is 18.3. The van der Waals surface area contributed by atoms with E-state index >= 15 is 4.39 Å². The summed E-state index contributed by atoms with van der Waals surface area (Å²) in [6.07, 6.45) is 16.6. The predicted octanol–water partition coefficient (Wildman–Crippen LogP) is 6.86. The SMILES string of the molecule is Cc1ccc2nccc(-c3cnn4cc(C5CCCCC(C)CCC5)cnc34)c2c1F. The molecule has 2 unspecified atom stereocenters. The second-order valence-corrected chi connectivity index (χ2v) is 9.18. The minimum atomic E-state index is -0.226. The molecule has 1 aliphatic rings. The molecular formula is C26H29FN4. The summed E-state index contributed by atoms with van der Waals surface area (Å²) >= 11 is 0.